The van der Waals surface area contributed by atoms with Gasteiger partial charge in [-0.05, 0) is 43.0 Å². The van der Waals surface area contributed by atoms with Crippen LogP contribution in [0.25, 0.3) is 10.9 Å². The average molecular weight is 388 g/mol. The zero-order chi connectivity index (χ0) is 20.2. The number of carbonyl (C=O) groups is 2. The lowest BCUT2D eigenvalue weighted by atomic mass is 10.1. The standard InChI is InChI=1S/C23H24N4O2/c1-2-15-7-3-5-9-19(15)27-22(28)14-24-21-13-18(23(29)25-16-11-12-16)17-8-4-6-10-20(17)26-21/h3-10,13,16H,2,11-12,14H2,1H3,(H,24,26)(H,25,29)(H,27,28). The van der Waals surface area contributed by atoms with Crippen LogP contribution in [0.15, 0.2) is 54.6 Å². The van der Waals surface area contributed by atoms with E-state index in [0.29, 0.717) is 11.4 Å². The summed E-state index contributed by atoms with van der Waals surface area (Å²) >= 11 is 0. The Balaban J connectivity index is 1.50. The van der Waals surface area contributed by atoms with Crippen molar-refractivity contribution in [2.45, 2.75) is 32.2 Å². The Bertz CT molecular complexity index is 1060. The molecule has 4 rings (SSSR count). The summed E-state index contributed by atoms with van der Waals surface area (Å²) in [5.41, 5.74) is 3.19. The SMILES string of the molecule is CCc1ccccc1NC(=O)CNc1cc(C(=O)NC2CC2)c2ccccc2n1. The number of pyridine rings is 1. The van der Waals surface area contributed by atoms with Gasteiger partial charge < -0.3 is 16.0 Å². The molecule has 0 spiro atoms. The number of para-hydroxylation sites is 2. The van der Waals surface area contributed by atoms with Gasteiger partial charge in [0.2, 0.25) is 5.91 Å². The molecular formula is C23H24N4O2. The second-order valence-electron chi connectivity index (χ2n) is 7.23. The van der Waals surface area contributed by atoms with Gasteiger partial charge in [-0.25, -0.2) is 4.98 Å². The monoisotopic (exact) mass is 388 g/mol. The minimum absolute atomic E-state index is 0.0626. The summed E-state index contributed by atoms with van der Waals surface area (Å²) in [7, 11) is 0. The molecule has 2 amide bonds. The number of fused-ring (bicyclic) bond motifs is 1. The van der Waals surface area contributed by atoms with E-state index in [1.165, 1.54) is 0 Å². The van der Waals surface area contributed by atoms with Crippen LogP contribution in [0.4, 0.5) is 11.5 Å². The number of aryl methyl sites for hydroxylation is 1. The second-order valence-corrected chi connectivity index (χ2v) is 7.23. The molecule has 1 aliphatic carbocycles. The summed E-state index contributed by atoms with van der Waals surface area (Å²) in [6, 6.07) is 17.3. The third-order valence-electron chi connectivity index (χ3n) is 4.98. The second kappa shape index (κ2) is 8.31. The molecule has 1 saturated carbocycles. The molecule has 1 heterocycles. The Kier molecular flexibility index (Phi) is 5.42. The molecule has 3 aromatic rings. The van der Waals surface area contributed by atoms with Gasteiger partial charge in [-0.1, -0.05) is 43.3 Å². The average Bonchev–Trinajstić information content (AvgIpc) is 3.56. The Morgan fingerprint density at radius 1 is 1.07 bits per heavy atom. The highest BCUT2D eigenvalue weighted by molar-refractivity contribution is 6.07. The number of aromatic nitrogens is 1. The summed E-state index contributed by atoms with van der Waals surface area (Å²) in [5.74, 6) is 0.240. The molecule has 3 N–H and O–H groups in total. The van der Waals surface area contributed by atoms with Gasteiger partial charge in [0.1, 0.15) is 5.82 Å². The normalized spacial score (nSPS) is 13.1. The van der Waals surface area contributed by atoms with Crippen LogP contribution in [0.5, 0.6) is 0 Å². The molecule has 1 aliphatic rings. The first-order valence-electron chi connectivity index (χ1n) is 9.96. The molecule has 2 aromatic carbocycles. The number of hydrogen-bond donors (Lipinski definition) is 3. The lowest BCUT2D eigenvalue weighted by Crippen LogP contribution is -2.26. The Labute approximate surface area is 169 Å². The smallest absolute Gasteiger partial charge is 0.252 e. The van der Waals surface area contributed by atoms with Gasteiger partial charge in [-0.15, -0.1) is 0 Å². The molecule has 0 unspecified atom stereocenters. The number of anilines is 2. The molecule has 6 heteroatoms. The fourth-order valence-electron chi connectivity index (χ4n) is 3.26. The lowest BCUT2D eigenvalue weighted by molar-refractivity contribution is -0.114. The third kappa shape index (κ3) is 4.54. The highest BCUT2D eigenvalue weighted by Crippen LogP contribution is 2.24. The van der Waals surface area contributed by atoms with Crippen molar-refractivity contribution in [3.05, 3.63) is 65.7 Å². The molecular weight excluding hydrogens is 364 g/mol. The number of nitrogens with zero attached hydrogens (tertiary/aromatic N) is 1. The summed E-state index contributed by atoms with van der Waals surface area (Å²) in [4.78, 5) is 29.6. The van der Waals surface area contributed by atoms with E-state index in [1.807, 2.05) is 48.5 Å². The van der Waals surface area contributed by atoms with Crippen LogP contribution < -0.4 is 16.0 Å². The van der Waals surface area contributed by atoms with Crippen molar-refractivity contribution in [3.8, 4) is 0 Å². The maximum atomic E-state index is 12.7. The predicted octanol–water partition coefficient (Wildman–Crippen LogP) is 3.74. The summed E-state index contributed by atoms with van der Waals surface area (Å²) in [5, 5.41) is 9.82. The highest BCUT2D eigenvalue weighted by Gasteiger charge is 2.25. The van der Waals surface area contributed by atoms with E-state index in [1.54, 1.807) is 6.07 Å². The van der Waals surface area contributed by atoms with Gasteiger partial charge in [-0.2, -0.15) is 0 Å². The van der Waals surface area contributed by atoms with E-state index in [-0.39, 0.29) is 24.4 Å². The molecule has 1 aromatic heterocycles. The minimum atomic E-state index is -0.162. The number of nitrogens with one attached hydrogen (secondary N) is 3. The number of amides is 2. The van der Waals surface area contributed by atoms with Crippen LogP contribution in [0, 0.1) is 0 Å². The van der Waals surface area contributed by atoms with Crippen molar-refractivity contribution < 1.29 is 9.59 Å². The summed E-state index contributed by atoms with van der Waals surface area (Å²) in [6.45, 7) is 2.11. The van der Waals surface area contributed by atoms with E-state index in [0.717, 1.165) is 41.4 Å². The van der Waals surface area contributed by atoms with Gasteiger partial charge in [0.25, 0.3) is 5.91 Å². The topological polar surface area (TPSA) is 83.1 Å². The predicted molar refractivity (Wildman–Crippen MR) is 115 cm³/mol. The fraction of sp³-hybridized carbons (Fsp3) is 0.261. The van der Waals surface area contributed by atoms with E-state index in [2.05, 4.69) is 27.9 Å². The van der Waals surface area contributed by atoms with E-state index >= 15 is 0 Å². The summed E-state index contributed by atoms with van der Waals surface area (Å²) in [6.07, 6.45) is 2.90. The number of rotatable bonds is 7. The van der Waals surface area contributed by atoms with Crippen LogP contribution in [0.2, 0.25) is 0 Å². The minimum Gasteiger partial charge on any atom is -0.361 e. The van der Waals surface area contributed by atoms with E-state index in [9.17, 15) is 9.59 Å². The molecule has 0 radical (unpaired) electrons. The van der Waals surface area contributed by atoms with E-state index < -0.39 is 0 Å². The van der Waals surface area contributed by atoms with Crippen molar-refractivity contribution in [1.82, 2.24) is 10.3 Å². The number of benzene rings is 2. The van der Waals surface area contributed by atoms with Crippen molar-refractivity contribution in [2.24, 2.45) is 0 Å². The van der Waals surface area contributed by atoms with Crippen LogP contribution in [-0.4, -0.2) is 29.4 Å². The molecule has 0 bridgehead atoms. The molecule has 0 atom stereocenters. The maximum absolute atomic E-state index is 12.7. The van der Waals surface area contributed by atoms with Gasteiger partial charge in [-0.3, -0.25) is 9.59 Å². The zero-order valence-corrected chi connectivity index (χ0v) is 16.4. The highest BCUT2D eigenvalue weighted by atomic mass is 16.2. The van der Waals surface area contributed by atoms with Crippen LogP contribution in [-0.2, 0) is 11.2 Å². The lowest BCUT2D eigenvalue weighted by Gasteiger charge is -2.13. The Morgan fingerprint density at radius 3 is 2.62 bits per heavy atom. The van der Waals surface area contributed by atoms with Crippen molar-refractivity contribution in [1.29, 1.82) is 0 Å². The van der Waals surface area contributed by atoms with Crippen molar-refractivity contribution in [2.75, 3.05) is 17.2 Å². The zero-order valence-electron chi connectivity index (χ0n) is 16.4. The van der Waals surface area contributed by atoms with Gasteiger partial charge in [0.05, 0.1) is 17.6 Å². The van der Waals surface area contributed by atoms with Crippen LogP contribution in [0.1, 0.15) is 35.7 Å². The molecule has 6 nitrogen and oxygen atoms in total. The fourth-order valence-corrected chi connectivity index (χ4v) is 3.26. The molecule has 0 aliphatic heterocycles. The summed E-state index contributed by atoms with van der Waals surface area (Å²) < 4.78 is 0. The first-order valence-corrected chi connectivity index (χ1v) is 9.96. The molecule has 148 valence electrons. The maximum Gasteiger partial charge on any atom is 0.252 e. The van der Waals surface area contributed by atoms with Gasteiger partial charge >= 0.3 is 0 Å². The molecule has 1 fully saturated rings. The van der Waals surface area contributed by atoms with Gasteiger partial charge in [0.15, 0.2) is 0 Å². The first-order chi connectivity index (χ1) is 14.1. The Hall–Kier alpha value is -3.41. The largest absolute Gasteiger partial charge is 0.361 e. The van der Waals surface area contributed by atoms with E-state index in [4.69, 9.17) is 0 Å². The van der Waals surface area contributed by atoms with Crippen LogP contribution >= 0.6 is 0 Å². The number of carbonyl (C=O) groups excluding carboxylic acids is 2. The Morgan fingerprint density at radius 2 is 1.83 bits per heavy atom. The third-order valence-corrected chi connectivity index (χ3v) is 4.98. The molecule has 29 heavy (non-hydrogen) atoms. The first kappa shape index (κ1) is 18.9. The number of hydrogen-bond acceptors (Lipinski definition) is 4. The van der Waals surface area contributed by atoms with Gasteiger partial charge in [0, 0.05) is 17.1 Å². The molecule has 0 saturated heterocycles. The van der Waals surface area contributed by atoms with Crippen molar-refractivity contribution in [3.63, 3.8) is 0 Å². The van der Waals surface area contributed by atoms with Crippen LogP contribution in [0.3, 0.4) is 0 Å². The quantitative estimate of drug-likeness (QED) is 0.576. The van der Waals surface area contributed by atoms with Crippen molar-refractivity contribution >= 4 is 34.2 Å².